The van der Waals surface area contributed by atoms with Crippen molar-refractivity contribution in [2.24, 2.45) is 13.0 Å². The molecule has 2 heterocycles. The average Bonchev–Trinajstić information content (AvgIpc) is 2.82. The van der Waals surface area contributed by atoms with Gasteiger partial charge in [-0.2, -0.15) is 0 Å². The average molecular weight is 287 g/mol. The normalized spacial score (nSPS) is 11.3. The second kappa shape index (κ2) is 6.80. The highest BCUT2D eigenvalue weighted by atomic mass is 15.1. The lowest BCUT2D eigenvalue weighted by Crippen LogP contribution is -2.23. The SMILES string of the molecule is Cc1nc(-c2nccn2C)nc(C)c1CCNCC(C)C. The molecule has 0 atom stereocenters. The number of rotatable bonds is 6. The van der Waals surface area contributed by atoms with Crippen LogP contribution in [0.3, 0.4) is 0 Å². The van der Waals surface area contributed by atoms with Crippen molar-refractivity contribution in [2.45, 2.75) is 34.1 Å². The predicted molar refractivity (Wildman–Crippen MR) is 85.1 cm³/mol. The van der Waals surface area contributed by atoms with Gasteiger partial charge in [0.15, 0.2) is 11.6 Å². The number of hydrogen-bond acceptors (Lipinski definition) is 4. The Bertz CT molecular complexity index is 577. The molecular weight excluding hydrogens is 262 g/mol. The Balaban J connectivity index is 2.12. The van der Waals surface area contributed by atoms with Crippen molar-refractivity contribution in [3.8, 4) is 11.6 Å². The molecule has 1 N–H and O–H groups in total. The van der Waals surface area contributed by atoms with Crippen LogP contribution in [0.5, 0.6) is 0 Å². The van der Waals surface area contributed by atoms with E-state index in [2.05, 4.69) is 48.0 Å². The molecule has 2 aromatic rings. The molecule has 0 unspecified atom stereocenters. The summed E-state index contributed by atoms with van der Waals surface area (Å²) in [4.78, 5) is 13.6. The smallest absolute Gasteiger partial charge is 0.196 e. The second-order valence-corrected chi connectivity index (χ2v) is 5.91. The molecule has 0 aromatic carbocycles. The van der Waals surface area contributed by atoms with E-state index in [9.17, 15) is 0 Å². The summed E-state index contributed by atoms with van der Waals surface area (Å²) in [5.41, 5.74) is 3.34. The van der Waals surface area contributed by atoms with Gasteiger partial charge in [0.1, 0.15) is 0 Å². The fourth-order valence-corrected chi connectivity index (χ4v) is 2.39. The zero-order chi connectivity index (χ0) is 15.4. The lowest BCUT2D eigenvalue weighted by Gasteiger charge is -2.12. The van der Waals surface area contributed by atoms with E-state index in [-0.39, 0.29) is 0 Å². The van der Waals surface area contributed by atoms with Gasteiger partial charge < -0.3 is 9.88 Å². The Hall–Kier alpha value is -1.75. The van der Waals surface area contributed by atoms with Gasteiger partial charge >= 0.3 is 0 Å². The molecule has 0 radical (unpaired) electrons. The molecule has 0 spiro atoms. The van der Waals surface area contributed by atoms with E-state index in [1.54, 1.807) is 6.20 Å². The van der Waals surface area contributed by atoms with Crippen LogP contribution in [0, 0.1) is 19.8 Å². The van der Waals surface area contributed by atoms with E-state index >= 15 is 0 Å². The largest absolute Gasteiger partial charge is 0.331 e. The maximum atomic E-state index is 4.63. The zero-order valence-electron chi connectivity index (χ0n) is 13.6. The maximum Gasteiger partial charge on any atom is 0.196 e. The topological polar surface area (TPSA) is 55.6 Å². The van der Waals surface area contributed by atoms with Gasteiger partial charge in [0.25, 0.3) is 0 Å². The molecule has 5 heteroatoms. The molecule has 21 heavy (non-hydrogen) atoms. The van der Waals surface area contributed by atoms with Crippen molar-refractivity contribution < 1.29 is 0 Å². The number of imidazole rings is 1. The number of hydrogen-bond donors (Lipinski definition) is 1. The van der Waals surface area contributed by atoms with E-state index in [0.29, 0.717) is 11.7 Å². The van der Waals surface area contributed by atoms with Crippen LogP contribution in [0.1, 0.15) is 30.8 Å². The van der Waals surface area contributed by atoms with E-state index in [0.717, 1.165) is 36.7 Å². The number of nitrogens with one attached hydrogen (secondary N) is 1. The van der Waals surface area contributed by atoms with Crippen molar-refractivity contribution in [1.82, 2.24) is 24.8 Å². The maximum absolute atomic E-state index is 4.63. The third kappa shape index (κ3) is 3.88. The standard InChI is InChI=1S/C16H25N5/c1-11(2)10-17-7-6-14-12(3)19-15(20-13(14)4)16-18-8-9-21(16)5/h8-9,11,17H,6-7,10H2,1-5H3. The Kier molecular flexibility index (Phi) is 5.07. The number of aromatic nitrogens is 4. The molecular formula is C16H25N5. The van der Waals surface area contributed by atoms with Crippen LogP contribution >= 0.6 is 0 Å². The molecule has 0 saturated carbocycles. The lowest BCUT2D eigenvalue weighted by atomic mass is 10.1. The van der Waals surface area contributed by atoms with Crippen LogP contribution < -0.4 is 5.32 Å². The Morgan fingerprint density at radius 1 is 1.19 bits per heavy atom. The van der Waals surface area contributed by atoms with Gasteiger partial charge in [-0.3, -0.25) is 0 Å². The van der Waals surface area contributed by atoms with E-state index < -0.39 is 0 Å². The first-order valence-corrected chi connectivity index (χ1v) is 7.51. The molecule has 0 aliphatic rings. The van der Waals surface area contributed by atoms with Gasteiger partial charge in [-0.05, 0) is 44.8 Å². The van der Waals surface area contributed by atoms with E-state index in [1.807, 2.05) is 17.8 Å². The first-order chi connectivity index (χ1) is 9.99. The molecule has 5 nitrogen and oxygen atoms in total. The molecule has 0 amide bonds. The predicted octanol–water partition coefficient (Wildman–Crippen LogP) is 2.28. The van der Waals surface area contributed by atoms with Crippen molar-refractivity contribution in [3.63, 3.8) is 0 Å². The molecule has 0 saturated heterocycles. The third-order valence-electron chi connectivity index (χ3n) is 3.55. The summed E-state index contributed by atoms with van der Waals surface area (Å²) in [7, 11) is 1.96. The molecule has 2 rings (SSSR count). The first-order valence-electron chi connectivity index (χ1n) is 7.51. The van der Waals surface area contributed by atoms with Crippen LogP contribution in [0.2, 0.25) is 0 Å². The minimum atomic E-state index is 0.675. The summed E-state index contributed by atoms with van der Waals surface area (Å²) in [5.74, 6) is 2.19. The van der Waals surface area contributed by atoms with Crippen LogP contribution in [0.15, 0.2) is 12.4 Å². The molecule has 0 aliphatic heterocycles. The Morgan fingerprint density at radius 3 is 2.38 bits per heavy atom. The summed E-state index contributed by atoms with van der Waals surface area (Å²) in [6, 6.07) is 0. The summed E-state index contributed by atoms with van der Waals surface area (Å²) in [5, 5.41) is 3.47. The Labute approximate surface area is 126 Å². The number of nitrogens with zero attached hydrogens (tertiary/aromatic N) is 4. The molecule has 0 fully saturated rings. The lowest BCUT2D eigenvalue weighted by molar-refractivity contribution is 0.553. The minimum absolute atomic E-state index is 0.675. The molecule has 114 valence electrons. The van der Waals surface area contributed by atoms with Crippen LogP contribution in [-0.2, 0) is 13.5 Å². The van der Waals surface area contributed by atoms with Gasteiger partial charge in [-0.25, -0.2) is 15.0 Å². The zero-order valence-corrected chi connectivity index (χ0v) is 13.6. The molecule has 0 bridgehead atoms. The van der Waals surface area contributed by atoms with E-state index in [4.69, 9.17) is 0 Å². The summed E-state index contributed by atoms with van der Waals surface area (Å²) < 4.78 is 1.94. The quantitative estimate of drug-likeness (QED) is 0.828. The molecule has 0 aliphatic carbocycles. The molecule has 2 aromatic heterocycles. The monoisotopic (exact) mass is 287 g/mol. The van der Waals surface area contributed by atoms with Crippen LogP contribution in [0.4, 0.5) is 0 Å². The summed E-state index contributed by atoms with van der Waals surface area (Å²) in [6.45, 7) is 10.6. The fourth-order valence-electron chi connectivity index (χ4n) is 2.39. The van der Waals surface area contributed by atoms with Crippen molar-refractivity contribution >= 4 is 0 Å². The van der Waals surface area contributed by atoms with Gasteiger partial charge in [0.2, 0.25) is 0 Å². The highest BCUT2D eigenvalue weighted by molar-refractivity contribution is 5.46. The van der Waals surface area contributed by atoms with Gasteiger partial charge in [-0.15, -0.1) is 0 Å². The van der Waals surface area contributed by atoms with E-state index in [1.165, 1.54) is 5.56 Å². The van der Waals surface area contributed by atoms with Gasteiger partial charge in [0.05, 0.1) is 0 Å². The van der Waals surface area contributed by atoms with Gasteiger partial charge in [-0.1, -0.05) is 13.8 Å². The van der Waals surface area contributed by atoms with Crippen LogP contribution in [0.25, 0.3) is 11.6 Å². The van der Waals surface area contributed by atoms with Crippen molar-refractivity contribution in [1.29, 1.82) is 0 Å². The first kappa shape index (κ1) is 15.6. The van der Waals surface area contributed by atoms with Gasteiger partial charge in [0, 0.05) is 30.8 Å². The Morgan fingerprint density at radius 2 is 1.86 bits per heavy atom. The summed E-state index contributed by atoms with van der Waals surface area (Å²) in [6.07, 6.45) is 4.64. The fraction of sp³-hybridized carbons (Fsp3) is 0.562. The van der Waals surface area contributed by atoms with Crippen LogP contribution in [-0.4, -0.2) is 32.6 Å². The third-order valence-corrected chi connectivity index (χ3v) is 3.55. The second-order valence-electron chi connectivity index (χ2n) is 5.91. The minimum Gasteiger partial charge on any atom is -0.331 e. The van der Waals surface area contributed by atoms with Crippen molar-refractivity contribution in [3.05, 3.63) is 29.3 Å². The number of aryl methyl sites for hydroxylation is 3. The highest BCUT2D eigenvalue weighted by Crippen LogP contribution is 2.17. The van der Waals surface area contributed by atoms with Crippen molar-refractivity contribution in [2.75, 3.05) is 13.1 Å². The highest BCUT2D eigenvalue weighted by Gasteiger charge is 2.12. The summed E-state index contributed by atoms with van der Waals surface area (Å²) >= 11 is 0.